The van der Waals surface area contributed by atoms with Crippen LogP contribution in [0.25, 0.3) is 5.65 Å². The quantitative estimate of drug-likeness (QED) is 0.705. The minimum Gasteiger partial charge on any atom is -0.325 e. The molecule has 2 heterocycles. The number of rotatable bonds is 4. The smallest absolute Gasteiger partial charge is 0.325 e. The Kier molecular flexibility index (Phi) is 4.94. The van der Waals surface area contributed by atoms with Crippen LogP contribution >= 0.6 is 11.8 Å². The molecule has 0 bridgehead atoms. The summed E-state index contributed by atoms with van der Waals surface area (Å²) in [5, 5.41) is 2.62. The average molecular weight is 380 g/mol. The van der Waals surface area contributed by atoms with E-state index < -0.39 is 23.3 Å². The lowest BCUT2D eigenvalue weighted by atomic mass is 10.2. The van der Waals surface area contributed by atoms with Gasteiger partial charge in [-0.3, -0.25) is 9.20 Å². The van der Waals surface area contributed by atoms with Gasteiger partial charge < -0.3 is 5.32 Å². The Morgan fingerprint density at radius 1 is 1.12 bits per heavy atom. The second-order valence-electron chi connectivity index (χ2n) is 5.13. The van der Waals surface area contributed by atoms with Crippen LogP contribution in [0, 0.1) is 0 Å². The molecule has 0 aliphatic heterocycles. The number of alkyl halides is 3. The number of carbonyl (C=O) groups is 1. The molecule has 6 nitrogen and oxygen atoms in total. The van der Waals surface area contributed by atoms with Gasteiger partial charge in [-0.1, -0.05) is 17.8 Å². The topological polar surface area (TPSA) is 76.4 Å². The maximum absolute atomic E-state index is 12.5. The van der Waals surface area contributed by atoms with Gasteiger partial charge in [0.25, 0.3) is 0 Å². The summed E-state index contributed by atoms with van der Waals surface area (Å²) < 4.78 is 38.8. The second kappa shape index (κ2) is 7.16. The lowest BCUT2D eigenvalue weighted by molar-refractivity contribution is -0.137. The molecule has 134 valence electrons. The highest BCUT2D eigenvalue weighted by Crippen LogP contribution is 2.29. The molecule has 0 unspecified atom stereocenters. The molecule has 2 aromatic heterocycles. The van der Waals surface area contributed by atoms with E-state index in [1.807, 2.05) is 0 Å². The van der Waals surface area contributed by atoms with E-state index in [4.69, 9.17) is 0 Å². The minimum atomic E-state index is -4.43. The summed E-state index contributed by atoms with van der Waals surface area (Å²) in [4.78, 5) is 31.7. The van der Waals surface area contributed by atoms with Crippen molar-refractivity contribution in [1.29, 1.82) is 0 Å². The molecule has 0 fully saturated rings. The minimum absolute atomic E-state index is 0.0938. The van der Waals surface area contributed by atoms with Gasteiger partial charge >= 0.3 is 11.9 Å². The van der Waals surface area contributed by atoms with E-state index in [9.17, 15) is 22.8 Å². The van der Waals surface area contributed by atoms with E-state index in [-0.39, 0.29) is 16.6 Å². The molecular formula is C16H11F3N4O2S. The summed E-state index contributed by atoms with van der Waals surface area (Å²) >= 11 is 0.957. The maximum atomic E-state index is 12.5. The van der Waals surface area contributed by atoms with Gasteiger partial charge in [-0.2, -0.15) is 18.2 Å². The Hall–Kier alpha value is -2.88. The molecule has 0 aliphatic carbocycles. The van der Waals surface area contributed by atoms with Crippen LogP contribution in [0.1, 0.15) is 5.56 Å². The molecule has 1 aromatic carbocycles. The lowest BCUT2D eigenvalue weighted by Crippen LogP contribution is -2.20. The zero-order valence-corrected chi connectivity index (χ0v) is 13.8. The first-order valence-electron chi connectivity index (χ1n) is 7.28. The van der Waals surface area contributed by atoms with Gasteiger partial charge in [-0.15, -0.1) is 0 Å². The Labute approximate surface area is 149 Å². The number of thioether (sulfide) groups is 1. The molecule has 0 spiro atoms. The van der Waals surface area contributed by atoms with Gasteiger partial charge in [0.1, 0.15) is 5.65 Å². The monoisotopic (exact) mass is 380 g/mol. The third kappa shape index (κ3) is 4.20. The fourth-order valence-electron chi connectivity index (χ4n) is 2.08. The SMILES string of the molecule is O=C(CSc1nc(=O)n2ccccc2n1)Nc1ccc(C(F)(F)F)cc1. The Bertz CT molecular complexity index is 1000. The standard InChI is InChI=1S/C16H11F3N4O2S/c17-16(18,19)10-4-6-11(7-5-10)20-13(24)9-26-14-21-12-3-1-2-8-23(12)15(25)22-14/h1-8H,9H2,(H,20,24). The summed E-state index contributed by atoms with van der Waals surface area (Å²) in [5.41, 5.74) is -0.669. The number of pyridine rings is 1. The van der Waals surface area contributed by atoms with Gasteiger partial charge in [0.15, 0.2) is 5.16 Å². The predicted molar refractivity (Wildman–Crippen MR) is 90.1 cm³/mol. The van der Waals surface area contributed by atoms with E-state index in [1.165, 1.54) is 22.7 Å². The number of carbonyl (C=O) groups excluding carboxylic acids is 1. The fourth-order valence-corrected chi connectivity index (χ4v) is 2.71. The van der Waals surface area contributed by atoms with Crippen molar-refractivity contribution < 1.29 is 18.0 Å². The first-order chi connectivity index (χ1) is 12.3. The Morgan fingerprint density at radius 2 is 1.85 bits per heavy atom. The van der Waals surface area contributed by atoms with Crippen molar-refractivity contribution in [1.82, 2.24) is 14.4 Å². The van der Waals surface area contributed by atoms with Gasteiger partial charge in [-0.05, 0) is 36.4 Å². The molecule has 0 radical (unpaired) electrons. The van der Waals surface area contributed by atoms with E-state index in [0.717, 1.165) is 23.9 Å². The first kappa shape index (κ1) is 17.9. The summed E-state index contributed by atoms with van der Waals surface area (Å²) in [6, 6.07) is 9.13. The van der Waals surface area contributed by atoms with Crippen LogP contribution in [0.3, 0.4) is 0 Å². The van der Waals surface area contributed by atoms with Gasteiger partial charge in [0, 0.05) is 11.9 Å². The highest BCUT2D eigenvalue weighted by atomic mass is 32.2. The molecule has 0 saturated carbocycles. The third-order valence-electron chi connectivity index (χ3n) is 3.27. The fraction of sp³-hybridized carbons (Fsp3) is 0.125. The zero-order valence-electron chi connectivity index (χ0n) is 13.0. The molecule has 1 N–H and O–H groups in total. The van der Waals surface area contributed by atoms with Crippen LogP contribution in [0.5, 0.6) is 0 Å². The molecule has 3 rings (SSSR count). The number of aromatic nitrogens is 3. The second-order valence-corrected chi connectivity index (χ2v) is 6.07. The van der Waals surface area contributed by atoms with Crippen molar-refractivity contribution in [2.45, 2.75) is 11.3 Å². The van der Waals surface area contributed by atoms with E-state index >= 15 is 0 Å². The Morgan fingerprint density at radius 3 is 2.54 bits per heavy atom. The predicted octanol–water partition coefficient (Wildman–Crippen LogP) is 2.84. The number of benzene rings is 1. The largest absolute Gasteiger partial charge is 0.416 e. The third-order valence-corrected chi connectivity index (χ3v) is 4.12. The normalized spacial score (nSPS) is 11.5. The van der Waals surface area contributed by atoms with Crippen LogP contribution in [0.15, 0.2) is 58.6 Å². The van der Waals surface area contributed by atoms with Crippen LogP contribution in [0.4, 0.5) is 18.9 Å². The van der Waals surface area contributed by atoms with Crippen LogP contribution < -0.4 is 11.0 Å². The van der Waals surface area contributed by atoms with Crippen molar-refractivity contribution in [3.05, 3.63) is 64.7 Å². The zero-order chi connectivity index (χ0) is 18.7. The van der Waals surface area contributed by atoms with Crippen molar-refractivity contribution in [3.8, 4) is 0 Å². The molecule has 0 atom stereocenters. The van der Waals surface area contributed by atoms with E-state index in [0.29, 0.717) is 5.65 Å². The van der Waals surface area contributed by atoms with Crippen molar-refractivity contribution in [2.24, 2.45) is 0 Å². The van der Waals surface area contributed by atoms with Crippen molar-refractivity contribution >= 4 is 29.0 Å². The number of fused-ring (bicyclic) bond motifs is 1. The van der Waals surface area contributed by atoms with Gasteiger partial charge in [0.05, 0.1) is 11.3 Å². The first-order valence-corrected chi connectivity index (χ1v) is 8.27. The summed E-state index contributed by atoms with van der Waals surface area (Å²) in [5.74, 6) is -0.546. The average Bonchev–Trinajstić information content (AvgIpc) is 2.60. The molecule has 0 aliphatic rings. The van der Waals surface area contributed by atoms with Crippen LogP contribution in [0.2, 0.25) is 0 Å². The van der Waals surface area contributed by atoms with Crippen molar-refractivity contribution in [3.63, 3.8) is 0 Å². The van der Waals surface area contributed by atoms with Gasteiger partial charge in [-0.25, -0.2) is 9.78 Å². The van der Waals surface area contributed by atoms with Gasteiger partial charge in [0.2, 0.25) is 5.91 Å². The maximum Gasteiger partial charge on any atom is 0.416 e. The molecule has 0 saturated heterocycles. The van der Waals surface area contributed by atoms with E-state index in [2.05, 4.69) is 15.3 Å². The molecule has 26 heavy (non-hydrogen) atoms. The highest BCUT2D eigenvalue weighted by molar-refractivity contribution is 7.99. The number of nitrogens with one attached hydrogen (secondary N) is 1. The number of nitrogens with zero attached hydrogens (tertiary/aromatic N) is 3. The van der Waals surface area contributed by atoms with Crippen LogP contribution in [-0.2, 0) is 11.0 Å². The molecule has 3 aromatic rings. The number of hydrogen-bond donors (Lipinski definition) is 1. The molecule has 10 heteroatoms. The number of anilines is 1. The van der Waals surface area contributed by atoms with Crippen LogP contribution in [-0.4, -0.2) is 26.0 Å². The summed E-state index contributed by atoms with van der Waals surface area (Å²) in [6.45, 7) is 0. The number of hydrogen-bond acceptors (Lipinski definition) is 5. The highest BCUT2D eigenvalue weighted by Gasteiger charge is 2.29. The number of amides is 1. The molecule has 1 amide bonds. The van der Waals surface area contributed by atoms with E-state index in [1.54, 1.807) is 18.2 Å². The summed E-state index contributed by atoms with van der Waals surface area (Å²) in [6.07, 6.45) is -2.90. The lowest BCUT2D eigenvalue weighted by Gasteiger charge is -2.08. The Balaban J connectivity index is 1.63. The van der Waals surface area contributed by atoms with Crippen molar-refractivity contribution in [2.75, 3.05) is 11.1 Å². The number of halogens is 3. The molecular weight excluding hydrogens is 369 g/mol. The summed E-state index contributed by atoms with van der Waals surface area (Å²) in [7, 11) is 0.